The fraction of sp³-hybridized carbons (Fsp3) is 0.176. The van der Waals surface area contributed by atoms with Crippen LogP contribution in [0, 0.1) is 31.3 Å². The first-order chi connectivity index (χ1) is 11.8. The maximum Gasteiger partial charge on any atom is 0.263 e. The molecule has 0 atom stereocenters. The lowest BCUT2D eigenvalue weighted by Crippen LogP contribution is -2.23. The number of fused-ring (bicyclic) bond motifs is 1. The van der Waals surface area contributed by atoms with Gasteiger partial charge in [0.05, 0.1) is 5.69 Å². The maximum absolute atomic E-state index is 13.7. The zero-order chi connectivity index (χ0) is 18.3. The highest BCUT2D eigenvalue weighted by atomic mass is 32.1. The van der Waals surface area contributed by atoms with Gasteiger partial charge in [0.15, 0.2) is 11.6 Å². The number of nitrogens with one attached hydrogen (secondary N) is 1. The number of hydrogen-bond acceptors (Lipinski definition) is 4. The molecule has 1 aromatic carbocycles. The number of nitrogen functional groups attached to an aromatic ring is 1. The van der Waals surface area contributed by atoms with E-state index in [1.807, 2.05) is 19.9 Å². The van der Waals surface area contributed by atoms with Crippen molar-refractivity contribution in [1.29, 1.82) is 0 Å². The van der Waals surface area contributed by atoms with Gasteiger partial charge in [-0.3, -0.25) is 4.79 Å². The van der Waals surface area contributed by atoms with Gasteiger partial charge in [-0.15, -0.1) is 11.3 Å². The maximum atomic E-state index is 13.7. The van der Waals surface area contributed by atoms with E-state index in [9.17, 15) is 18.0 Å². The Morgan fingerprint density at radius 2 is 1.96 bits per heavy atom. The zero-order valence-corrected chi connectivity index (χ0v) is 14.2. The number of nitrogens with two attached hydrogens (primary N) is 1. The number of halogens is 3. The van der Waals surface area contributed by atoms with Crippen LogP contribution >= 0.6 is 11.3 Å². The molecular weight excluding hydrogens is 351 g/mol. The predicted octanol–water partition coefficient (Wildman–Crippen LogP) is 3.84. The number of carbonyl (C=O) groups is 1. The highest BCUT2D eigenvalue weighted by Crippen LogP contribution is 2.34. The molecule has 0 radical (unpaired) electrons. The Bertz CT molecular complexity index is 1000. The van der Waals surface area contributed by atoms with Crippen LogP contribution < -0.4 is 11.1 Å². The van der Waals surface area contributed by atoms with Crippen LogP contribution in [0.15, 0.2) is 18.2 Å². The number of pyridine rings is 1. The molecule has 0 unspecified atom stereocenters. The number of thiophene rings is 1. The molecule has 0 aliphatic carbocycles. The summed E-state index contributed by atoms with van der Waals surface area (Å²) in [7, 11) is 0. The molecule has 2 heterocycles. The molecule has 3 rings (SSSR count). The van der Waals surface area contributed by atoms with Crippen LogP contribution in [0.5, 0.6) is 0 Å². The quantitative estimate of drug-likeness (QED) is 0.693. The summed E-state index contributed by atoms with van der Waals surface area (Å²) < 4.78 is 40.1. The molecule has 2 aromatic heterocycles. The molecule has 3 aromatic rings. The van der Waals surface area contributed by atoms with Gasteiger partial charge in [0, 0.05) is 29.3 Å². The Labute approximate surface area is 145 Å². The molecule has 0 saturated heterocycles. The van der Waals surface area contributed by atoms with Gasteiger partial charge in [-0.25, -0.2) is 18.2 Å². The van der Waals surface area contributed by atoms with Crippen molar-refractivity contribution >= 4 is 33.1 Å². The smallest absolute Gasteiger partial charge is 0.263 e. The number of carbonyl (C=O) groups excluding carboxylic acids is 1. The molecule has 1 amide bonds. The number of hydrogen-bond donors (Lipinski definition) is 2. The normalized spacial score (nSPS) is 11.1. The standard InChI is InChI=1S/C17H14F3N3OS/c1-7-3-8(2)23-17-12(7)14(21)15(25-17)16(24)22-6-9-4-10(18)5-11(19)13(9)20/h3-5H,6,21H2,1-2H3,(H,22,24). The molecule has 25 heavy (non-hydrogen) atoms. The van der Waals surface area contributed by atoms with Gasteiger partial charge in [0.25, 0.3) is 5.91 Å². The summed E-state index contributed by atoms with van der Waals surface area (Å²) in [5.74, 6) is -3.97. The van der Waals surface area contributed by atoms with Crippen LogP contribution in [0.3, 0.4) is 0 Å². The van der Waals surface area contributed by atoms with Crippen molar-refractivity contribution in [2.24, 2.45) is 0 Å². The van der Waals surface area contributed by atoms with Crippen LogP contribution in [0.1, 0.15) is 26.5 Å². The van der Waals surface area contributed by atoms with E-state index in [2.05, 4.69) is 10.3 Å². The zero-order valence-electron chi connectivity index (χ0n) is 13.4. The lowest BCUT2D eigenvalue weighted by molar-refractivity contribution is 0.0955. The molecule has 0 spiro atoms. The number of rotatable bonds is 3. The third-order valence-electron chi connectivity index (χ3n) is 3.74. The summed E-state index contributed by atoms with van der Waals surface area (Å²) in [6.45, 7) is 3.34. The van der Waals surface area contributed by atoms with Crippen molar-refractivity contribution in [3.63, 3.8) is 0 Å². The van der Waals surface area contributed by atoms with Gasteiger partial charge in [-0.1, -0.05) is 0 Å². The number of amides is 1. The Morgan fingerprint density at radius 3 is 2.68 bits per heavy atom. The van der Waals surface area contributed by atoms with E-state index in [4.69, 9.17) is 5.73 Å². The van der Waals surface area contributed by atoms with E-state index in [0.717, 1.165) is 28.7 Å². The Kier molecular flexibility index (Phi) is 4.38. The van der Waals surface area contributed by atoms with Crippen molar-refractivity contribution in [3.05, 3.63) is 57.3 Å². The summed E-state index contributed by atoms with van der Waals surface area (Å²) in [6, 6.07) is 3.14. The summed E-state index contributed by atoms with van der Waals surface area (Å²) in [5.41, 5.74) is 7.76. The Morgan fingerprint density at radius 1 is 1.24 bits per heavy atom. The molecule has 0 aliphatic rings. The first-order valence-electron chi connectivity index (χ1n) is 7.35. The van der Waals surface area contributed by atoms with Crippen molar-refractivity contribution in [1.82, 2.24) is 10.3 Å². The van der Waals surface area contributed by atoms with Crippen LogP contribution in [-0.2, 0) is 6.54 Å². The van der Waals surface area contributed by atoms with Crippen LogP contribution in [0.2, 0.25) is 0 Å². The van der Waals surface area contributed by atoms with Gasteiger partial charge >= 0.3 is 0 Å². The van der Waals surface area contributed by atoms with Crippen molar-refractivity contribution < 1.29 is 18.0 Å². The SMILES string of the molecule is Cc1cc(C)c2c(N)c(C(=O)NCc3cc(F)cc(F)c3F)sc2n1. The lowest BCUT2D eigenvalue weighted by atomic mass is 10.1. The molecule has 4 nitrogen and oxygen atoms in total. The Balaban J connectivity index is 1.89. The molecule has 130 valence electrons. The monoisotopic (exact) mass is 365 g/mol. The van der Waals surface area contributed by atoms with Gasteiger partial charge in [0.2, 0.25) is 0 Å². The second-order valence-corrected chi connectivity index (χ2v) is 6.65. The Hall–Kier alpha value is -2.61. The minimum atomic E-state index is -1.30. The fourth-order valence-corrected chi connectivity index (χ4v) is 3.76. The van der Waals surface area contributed by atoms with Gasteiger partial charge in [0.1, 0.15) is 15.5 Å². The minimum absolute atomic E-state index is 0.230. The second kappa shape index (κ2) is 6.36. The molecule has 0 saturated carbocycles. The van der Waals surface area contributed by atoms with Crippen molar-refractivity contribution in [3.8, 4) is 0 Å². The predicted molar refractivity (Wildman–Crippen MR) is 91.0 cm³/mol. The summed E-state index contributed by atoms with van der Waals surface area (Å²) in [6.07, 6.45) is 0. The first-order valence-corrected chi connectivity index (χ1v) is 8.17. The molecule has 3 N–H and O–H groups in total. The molecular formula is C17H14F3N3OS. The van der Waals surface area contributed by atoms with Crippen LogP contribution in [0.25, 0.3) is 10.2 Å². The lowest BCUT2D eigenvalue weighted by Gasteiger charge is -2.07. The summed E-state index contributed by atoms with van der Waals surface area (Å²) >= 11 is 1.12. The number of nitrogens with zero attached hydrogens (tertiary/aromatic N) is 1. The third kappa shape index (κ3) is 3.17. The van der Waals surface area contributed by atoms with Crippen LogP contribution in [-0.4, -0.2) is 10.9 Å². The number of aromatic nitrogens is 1. The summed E-state index contributed by atoms with van der Waals surface area (Å²) in [5, 5.41) is 3.13. The minimum Gasteiger partial charge on any atom is -0.397 e. The summed E-state index contributed by atoms with van der Waals surface area (Å²) in [4.78, 5) is 17.6. The van der Waals surface area contributed by atoms with Gasteiger partial charge in [-0.05, 0) is 31.5 Å². The first kappa shape index (κ1) is 17.2. The van der Waals surface area contributed by atoms with Gasteiger partial charge < -0.3 is 11.1 Å². The van der Waals surface area contributed by atoms with E-state index in [1.165, 1.54) is 0 Å². The highest BCUT2D eigenvalue weighted by Gasteiger charge is 2.19. The van der Waals surface area contributed by atoms with E-state index in [-0.39, 0.29) is 22.7 Å². The third-order valence-corrected chi connectivity index (χ3v) is 4.84. The van der Waals surface area contributed by atoms with E-state index in [0.29, 0.717) is 16.3 Å². The second-order valence-electron chi connectivity index (χ2n) is 5.65. The van der Waals surface area contributed by atoms with E-state index < -0.39 is 23.4 Å². The molecule has 0 aliphatic heterocycles. The largest absolute Gasteiger partial charge is 0.397 e. The van der Waals surface area contributed by atoms with E-state index in [1.54, 1.807) is 0 Å². The fourth-order valence-electron chi connectivity index (χ4n) is 2.63. The van der Waals surface area contributed by atoms with Crippen molar-refractivity contribution in [2.75, 3.05) is 5.73 Å². The van der Waals surface area contributed by atoms with Gasteiger partial charge in [-0.2, -0.15) is 0 Å². The van der Waals surface area contributed by atoms with Crippen molar-refractivity contribution in [2.45, 2.75) is 20.4 Å². The van der Waals surface area contributed by atoms with E-state index >= 15 is 0 Å². The number of anilines is 1. The van der Waals surface area contributed by atoms with Crippen LogP contribution in [0.4, 0.5) is 18.9 Å². The molecule has 0 bridgehead atoms. The highest BCUT2D eigenvalue weighted by molar-refractivity contribution is 7.21. The number of aryl methyl sites for hydroxylation is 2. The average molecular weight is 365 g/mol. The topological polar surface area (TPSA) is 68.0 Å². The molecule has 0 fully saturated rings. The molecule has 8 heteroatoms. The number of benzene rings is 1. The average Bonchev–Trinajstić information content (AvgIpc) is 2.86.